The zero-order valence-corrected chi connectivity index (χ0v) is 17.2. The molecule has 1 amide bonds. The van der Waals surface area contributed by atoms with Crippen molar-refractivity contribution >= 4 is 22.6 Å². The summed E-state index contributed by atoms with van der Waals surface area (Å²) in [5, 5.41) is 3.12. The molecular weight excluding hydrogens is 362 g/mol. The molecule has 146 valence electrons. The van der Waals surface area contributed by atoms with Crippen molar-refractivity contribution in [1.82, 2.24) is 9.88 Å². The highest BCUT2D eigenvalue weighted by Crippen LogP contribution is 2.24. The maximum absolute atomic E-state index is 12.2. The van der Waals surface area contributed by atoms with E-state index in [9.17, 15) is 4.79 Å². The van der Waals surface area contributed by atoms with Crippen LogP contribution in [0.25, 0.3) is 0 Å². The number of ether oxygens (including phenoxy) is 2. The number of piperazine rings is 1. The smallest absolute Gasteiger partial charge is 0.410 e. The Morgan fingerprint density at radius 2 is 1.96 bits per heavy atom. The number of hydrogen-bond acceptors (Lipinski definition) is 6. The number of methoxy groups -OCH3 is 1. The molecular formula is C20H27N3O3S. The van der Waals surface area contributed by atoms with E-state index in [1.54, 1.807) is 23.3 Å². The Hall–Kier alpha value is -2.28. The number of anilines is 1. The third-order valence-electron chi connectivity index (χ3n) is 4.26. The molecule has 7 heteroatoms. The van der Waals surface area contributed by atoms with Crippen molar-refractivity contribution in [1.29, 1.82) is 0 Å². The zero-order valence-electron chi connectivity index (χ0n) is 16.4. The van der Waals surface area contributed by atoms with E-state index >= 15 is 0 Å². The molecule has 6 nitrogen and oxygen atoms in total. The molecule has 0 unspecified atom stereocenters. The summed E-state index contributed by atoms with van der Waals surface area (Å²) in [7, 11) is 1.68. The Bertz CT molecular complexity index is 777. The van der Waals surface area contributed by atoms with Gasteiger partial charge in [0.25, 0.3) is 0 Å². The van der Waals surface area contributed by atoms with Crippen molar-refractivity contribution in [3.05, 3.63) is 40.9 Å². The maximum atomic E-state index is 12.2. The lowest BCUT2D eigenvalue weighted by molar-refractivity contribution is 0.0240. The number of benzene rings is 1. The molecule has 3 rings (SSSR count). The molecule has 2 heterocycles. The van der Waals surface area contributed by atoms with Crippen LogP contribution < -0.4 is 9.64 Å². The van der Waals surface area contributed by atoms with Gasteiger partial charge in [0.05, 0.1) is 12.8 Å². The Morgan fingerprint density at radius 3 is 2.63 bits per heavy atom. The Morgan fingerprint density at radius 1 is 1.22 bits per heavy atom. The highest BCUT2D eigenvalue weighted by atomic mass is 32.1. The van der Waals surface area contributed by atoms with Crippen molar-refractivity contribution in [2.45, 2.75) is 32.8 Å². The van der Waals surface area contributed by atoms with E-state index in [2.05, 4.69) is 16.3 Å². The van der Waals surface area contributed by atoms with Crippen LogP contribution in [-0.2, 0) is 11.2 Å². The molecule has 0 N–H and O–H groups in total. The summed E-state index contributed by atoms with van der Waals surface area (Å²) in [5.74, 6) is 0.862. The molecule has 1 aliphatic heterocycles. The number of rotatable bonds is 4. The van der Waals surface area contributed by atoms with Crippen molar-refractivity contribution in [2.75, 3.05) is 38.2 Å². The largest absolute Gasteiger partial charge is 0.497 e. The van der Waals surface area contributed by atoms with Gasteiger partial charge in [0.1, 0.15) is 11.4 Å². The monoisotopic (exact) mass is 389 g/mol. The first-order valence-corrected chi connectivity index (χ1v) is 10.0. The topological polar surface area (TPSA) is 54.9 Å². The molecule has 0 aliphatic carbocycles. The minimum Gasteiger partial charge on any atom is -0.497 e. The number of hydrogen-bond donors (Lipinski definition) is 0. The molecule has 0 saturated carbocycles. The molecule has 1 aliphatic rings. The average molecular weight is 390 g/mol. The fourth-order valence-corrected chi connectivity index (χ4v) is 3.80. The van der Waals surface area contributed by atoms with Gasteiger partial charge in [-0.3, -0.25) is 0 Å². The first-order valence-electron chi connectivity index (χ1n) is 9.14. The van der Waals surface area contributed by atoms with Crippen LogP contribution in [0.1, 0.15) is 32.0 Å². The molecule has 0 radical (unpaired) electrons. The highest BCUT2D eigenvalue weighted by molar-refractivity contribution is 7.13. The SMILES string of the molecule is COc1cccc(Cc2csc(N3CCN(C(=O)OC(C)(C)C)CC3)n2)c1. The van der Waals surface area contributed by atoms with Crippen LogP contribution in [-0.4, -0.2) is 54.9 Å². The lowest BCUT2D eigenvalue weighted by Gasteiger charge is -2.35. The van der Waals surface area contributed by atoms with E-state index in [-0.39, 0.29) is 6.09 Å². The standard InChI is InChI=1S/C20H27N3O3S/c1-20(2,3)26-19(24)23-10-8-22(9-11-23)18-21-16(14-27-18)12-15-6-5-7-17(13-15)25-4/h5-7,13-14H,8-12H2,1-4H3. The number of aromatic nitrogens is 1. The first kappa shape index (κ1) is 19.5. The van der Waals surface area contributed by atoms with Crippen LogP contribution in [0.4, 0.5) is 9.93 Å². The summed E-state index contributed by atoms with van der Waals surface area (Å²) in [6, 6.07) is 8.07. The number of nitrogens with zero attached hydrogens (tertiary/aromatic N) is 3. The Balaban J connectivity index is 1.56. The van der Waals surface area contributed by atoms with Crippen molar-refractivity contribution in [3.8, 4) is 5.75 Å². The summed E-state index contributed by atoms with van der Waals surface area (Å²) >= 11 is 1.65. The van der Waals surface area contributed by atoms with Gasteiger partial charge < -0.3 is 19.3 Å². The summed E-state index contributed by atoms with van der Waals surface area (Å²) in [6.45, 7) is 8.51. The van der Waals surface area contributed by atoms with Crippen LogP contribution in [0.15, 0.2) is 29.6 Å². The van der Waals surface area contributed by atoms with Crippen molar-refractivity contribution < 1.29 is 14.3 Å². The van der Waals surface area contributed by atoms with Gasteiger partial charge in [0.2, 0.25) is 0 Å². The predicted molar refractivity (Wildman–Crippen MR) is 108 cm³/mol. The van der Waals surface area contributed by atoms with Crippen LogP contribution in [0.2, 0.25) is 0 Å². The van der Waals surface area contributed by atoms with E-state index in [1.165, 1.54) is 5.56 Å². The minimum atomic E-state index is -0.460. The van der Waals surface area contributed by atoms with Gasteiger partial charge in [0.15, 0.2) is 5.13 Å². The van der Waals surface area contributed by atoms with E-state index in [0.717, 1.165) is 36.1 Å². The lowest BCUT2D eigenvalue weighted by Crippen LogP contribution is -2.50. The number of carbonyl (C=O) groups is 1. The van der Waals surface area contributed by atoms with E-state index in [1.807, 2.05) is 39.0 Å². The molecule has 0 bridgehead atoms. The molecule has 27 heavy (non-hydrogen) atoms. The minimum absolute atomic E-state index is 0.236. The third-order valence-corrected chi connectivity index (χ3v) is 5.21. The van der Waals surface area contributed by atoms with Crippen molar-refractivity contribution in [2.24, 2.45) is 0 Å². The predicted octanol–water partition coefficient (Wildman–Crippen LogP) is 3.80. The highest BCUT2D eigenvalue weighted by Gasteiger charge is 2.26. The van der Waals surface area contributed by atoms with Gasteiger partial charge in [-0.25, -0.2) is 9.78 Å². The van der Waals surface area contributed by atoms with Gasteiger partial charge in [-0.2, -0.15) is 0 Å². The van der Waals surface area contributed by atoms with Gasteiger partial charge in [-0.05, 0) is 38.5 Å². The zero-order chi connectivity index (χ0) is 19.4. The summed E-state index contributed by atoms with van der Waals surface area (Å²) < 4.78 is 10.7. The van der Waals surface area contributed by atoms with Crippen LogP contribution >= 0.6 is 11.3 Å². The second-order valence-electron chi connectivity index (χ2n) is 7.60. The van der Waals surface area contributed by atoms with E-state index in [0.29, 0.717) is 13.1 Å². The van der Waals surface area contributed by atoms with Crippen molar-refractivity contribution in [3.63, 3.8) is 0 Å². The lowest BCUT2D eigenvalue weighted by atomic mass is 10.1. The fraction of sp³-hybridized carbons (Fsp3) is 0.500. The average Bonchev–Trinajstić information content (AvgIpc) is 3.09. The maximum Gasteiger partial charge on any atom is 0.410 e. The Labute approximate surface area is 164 Å². The molecule has 2 aromatic rings. The first-order chi connectivity index (χ1) is 12.8. The third kappa shape index (κ3) is 5.35. The fourth-order valence-electron chi connectivity index (χ4n) is 2.92. The normalized spacial score (nSPS) is 15.0. The molecule has 1 fully saturated rings. The van der Waals surface area contributed by atoms with Crippen LogP contribution in [0.3, 0.4) is 0 Å². The number of thiazole rings is 1. The number of carbonyl (C=O) groups excluding carboxylic acids is 1. The molecule has 0 atom stereocenters. The molecule has 0 spiro atoms. The summed E-state index contributed by atoms with van der Waals surface area (Å²) in [4.78, 5) is 21.0. The van der Waals surface area contributed by atoms with E-state index < -0.39 is 5.60 Å². The second-order valence-corrected chi connectivity index (χ2v) is 8.44. The van der Waals surface area contributed by atoms with Gasteiger partial charge in [-0.15, -0.1) is 11.3 Å². The molecule has 1 aromatic carbocycles. The summed E-state index contributed by atoms with van der Waals surface area (Å²) in [5.41, 5.74) is 1.78. The van der Waals surface area contributed by atoms with Crippen LogP contribution in [0.5, 0.6) is 5.75 Å². The van der Waals surface area contributed by atoms with Gasteiger partial charge in [0, 0.05) is 38.0 Å². The number of amides is 1. The quantitative estimate of drug-likeness (QED) is 0.796. The van der Waals surface area contributed by atoms with Gasteiger partial charge >= 0.3 is 6.09 Å². The molecule has 1 aromatic heterocycles. The summed E-state index contributed by atoms with van der Waals surface area (Å²) in [6.07, 6.45) is 0.547. The second kappa shape index (κ2) is 8.17. The molecule has 1 saturated heterocycles. The van der Waals surface area contributed by atoms with E-state index in [4.69, 9.17) is 14.5 Å². The Kier molecular flexibility index (Phi) is 5.89. The van der Waals surface area contributed by atoms with Crippen LogP contribution in [0, 0.1) is 0 Å². The van der Waals surface area contributed by atoms with Gasteiger partial charge in [-0.1, -0.05) is 12.1 Å².